The first kappa shape index (κ1) is 13.3. The van der Waals surface area contributed by atoms with Gasteiger partial charge in [0.25, 0.3) is 0 Å². The molecule has 0 radical (unpaired) electrons. The molecule has 0 saturated carbocycles. The van der Waals surface area contributed by atoms with Gasteiger partial charge in [0.1, 0.15) is 10.4 Å². The summed E-state index contributed by atoms with van der Waals surface area (Å²) in [6.07, 6.45) is -4.87. The van der Waals surface area contributed by atoms with E-state index < -0.39 is 18.8 Å². The number of aromatic nitrogens is 1. The van der Waals surface area contributed by atoms with E-state index in [4.69, 9.17) is 4.74 Å². The second kappa shape index (κ2) is 5.02. The van der Waals surface area contributed by atoms with Gasteiger partial charge in [-0.1, -0.05) is 0 Å². The molecule has 0 bridgehead atoms. The third kappa shape index (κ3) is 3.35. The number of hydrogen-bond donors (Lipinski definition) is 0. The first-order valence-electron chi connectivity index (χ1n) is 3.92. The lowest BCUT2D eigenvalue weighted by Crippen LogP contribution is -2.19. The standard InChI is InChI=1S/C8H6F4INO2/c1-15-5-2-4(3-9)6(7(13)14-5)16-8(10,11)12/h2H,3H2,1H3. The van der Waals surface area contributed by atoms with Crippen LogP contribution in [-0.2, 0) is 6.67 Å². The zero-order valence-corrected chi connectivity index (χ0v) is 10.1. The van der Waals surface area contributed by atoms with Crippen molar-refractivity contribution in [2.75, 3.05) is 7.11 Å². The minimum atomic E-state index is -4.87. The summed E-state index contributed by atoms with van der Waals surface area (Å²) in [4.78, 5) is 3.66. The monoisotopic (exact) mass is 351 g/mol. The van der Waals surface area contributed by atoms with Crippen LogP contribution >= 0.6 is 22.6 Å². The topological polar surface area (TPSA) is 31.4 Å². The average molecular weight is 351 g/mol. The van der Waals surface area contributed by atoms with E-state index in [0.29, 0.717) is 0 Å². The number of halogens is 5. The zero-order chi connectivity index (χ0) is 12.3. The first-order chi connectivity index (χ1) is 7.37. The number of alkyl halides is 4. The second-order valence-corrected chi connectivity index (χ2v) is 3.65. The summed E-state index contributed by atoms with van der Waals surface area (Å²) in [6, 6.07) is 1.06. The lowest BCUT2D eigenvalue weighted by atomic mass is 10.2. The molecule has 16 heavy (non-hydrogen) atoms. The molecule has 0 unspecified atom stereocenters. The van der Waals surface area contributed by atoms with E-state index in [1.807, 2.05) is 0 Å². The van der Waals surface area contributed by atoms with Crippen LogP contribution in [0.25, 0.3) is 0 Å². The van der Waals surface area contributed by atoms with Crippen LogP contribution in [0.15, 0.2) is 6.07 Å². The van der Waals surface area contributed by atoms with Crippen LogP contribution in [0.5, 0.6) is 11.6 Å². The Labute approximate surface area is 102 Å². The van der Waals surface area contributed by atoms with Crippen molar-refractivity contribution in [3.63, 3.8) is 0 Å². The highest BCUT2D eigenvalue weighted by atomic mass is 127. The van der Waals surface area contributed by atoms with Gasteiger partial charge in [0.15, 0.2) is 5.75 Å². The molecule has 1 aromatic heterocycles. The van der Waals surface area contributed by atoms with E-state index in [-0.39, 0.29) is 15.1 Å². The summed E-state index contributed by atoms with van der Waals surface area (Å²) in [5, 5.41) is 0. The fraction of sp³-hybridized carbons (Fsp3) is 0.375. The molecule has 0 aliphatic heterocycles. The van der Waals surface area contributed by atoms with Crippen molar-refractivity contribution in [1.82, 2.24) is 4.98 Å². The van der Waals surface area contributed by atoms with E-state index in [9.17, 15) is 17.6 Å². The Morgan fingerprint density at radius 3 is 2.50 bits per heavy atom. The molecule has 0 aromatic carbocycles. The number of ether oxygens (including phenoxy) is 2. The van der Waals surface area contributed by atoms with Crippen molar-refractivity contribution in [1.29, 1.82) is 0 Å². The summed E-state index contributed by atoms with van der Waals surface area (Å²) in [5.41, 5.74) is -0.256. The summed E-state index contributed by atoms with van der Waals surface area (Å²) in [7, 11) is 1.28. The van der Waals surface area contributed by atoms with Crippen LogP contribution in [0, 0.1) is 3.70 Å². The third-order valence-electron chi connectivity index (χ3n) is 1.56. The fourth-order valence-corrected chi connectivity index (χ4v) is 1.65. The van der Waals surface area contributed by atoms with Crippen LogP contribution in [-0.4, -0.2) is 18.5 Å². The SMILES string of the molecule is COc1cc(CF)c(OC(F)(F)F)c(I)n1. The second-order valence-electron chi connectivity index (χ2n) is 2.63. The van der Waals surface area contributed by atoms with Gasteiger partial charge in [-0.3, -0.25) is 0 Å². The van der Waals surface area contributed by atoms with Crippen molar-refractivity contribution in [3.8, 4) is 11.6 Å². The summed E-state index contributed by atoms with van der Waals surface area (Å²) in [6.45, 7) is -1.10. The number of hydrogen-bond acceptors (Lipinski definition) is 3. The van der Waals surface area contributed by atoms with Gasteiger partial charge in [0, 0.05) is 11.6 Å². The van der Waals surface area contributed by atoms with Crippen molar-refractivity contribution in [2.24, 2.45) is 0 Å². The van der Waals surface area contributed by atoms with Crippen molar-refractivity contribution in [3.05, 3.63) is 15.3 Å². The van der Waals surface area contributed by atoms with Crippen molar-refractivity contribution >= 4 is 22.6 Å². The molecule has 0 aliphatic rings. The zero-order valence-electron chi connectivity index (χ0n) is 7.94. The summed E-state index contributed by atoms with van der Waals surface area (Å²) in [5.74, 6) is -0.594. The Morgan fingerprint density at radius 2 is 2.06 bits per heavy atom. The molecule has 3 nitrogen and oxygen atoms in total. The van der Waals surface area contributed by atoms with Gasteiger partial charge in [-0.25, -0.2) is 9.37 Å². The molecule has 0 aliphatic carbocycles. The summed E-state index contributed by atoms with van der Waals surface area (Å²) < 4.78 is 56.8. The first-order valence-corrected chi connectivity index (χ1v) is 5.00. The van der Waals surface area contributed by atoms with E-state index in [1.54, 1.807) is 0 Å². The molecule has 8 heteroatoms. The Morgan fingerprint density at radius 1 is 1.44 bits per heavy atom. The smallest absolute Gasteiger partial charge is 0.481 e. The maximum Gasteiger partial charge on any atom is 0.573 e. The molecule has 0 N–H and O–H groups in total. The van der Waals surface area contributed by atoms with E-state index in [0.717, 1.165) is 6.07 Å². The predicted octanol–water partition coefficient (Wildman–Crippen LogP) is 3.06. The highest BCUT2D eigenvalue weighted by Crippen LogP contribution is 2.32. The number of nitrogens with zero attached hydrogens (tertiary/aromatic N) is 1. The van der Waals surface area contributed by atoms with Gasteiger partial charge in [0.2, 0.25) is 5.88 Å². The molecule has 0 saturated heterocycles. The molecule has 1 rings (SSSR count). The van der Waals surface area contributed by atoms with Crippen LogP contribution in [0.1, 0.15) is 5.56 Å². The third-order valence-corrected chi connectivity index (χ3v) is 2.29. The lowest BCUT2D eigenvalue weighted by molar-refractivity contribution is -0.275. The van der Waals surface area contributed by atoms with Crippen LogP contribution in [0.3, 0.4) is 0 Å². The predicted molar refractivity (Wildman–Crippen MR) is 55.0 cm³/mol. The molecular formula is C8H6F4INO2. The molecule has 0 amide bonds. The van der Waals surface area contributed by atoms with Gasteiger partial charge in [-0.15, -0.1) is 13.2 Å². The number of rotatable bonds is 3. The highest BCUT2D eigenvalue weighted by molar-refractivity contribution is 14.1. The van der Waals surface area contributed by atoms with Gasteiger partial charge in [-0.2, -0.15) is 0 Å². The Kier molecular flexibility index (Phi) is 4.16. The normalized spacial score (nSPS) is 11.4. The van der Waals surface area contributed by atoms with Gasteiger partial charge in [0.05, 0.1) is 7.11 Å². The molecule has 0 fully saturated rings. The van der Waals surface area contributed by atoms with Crippen LogP contribution in [0.2, 0.25) is 0 Å². The quantitative estimate of drug-likeness (QED) is 0.477. The van der Waals surface area contributed by atoms with Gasteiger partial charge >= 0.3 is 6.36 Å². The molecule has 90 valence electrons. The molecule has 1 heterocycles. The number of methoxy groups -OCH3 is 1. The van der Waals surface area contributed by atoms with Crippen LogP contribution < -0.4 is 9.47 Å². The molecule has 1 aromatic rings. The minimum absolute atomic E-state index is 0.0339. The van der Waals surface area contributed by atoms with E-state index in [2.05, 4.69) is 9.72 Å². The fourth-order valence-electron chi connectivity index (χ4n) is 0.954. The molecular weight excluding hydrogens is 345 g/mol. The minimum Gasteiger partial charge on any atom is -0.481 e. The van der Waals surface area contributed by atoms with Crippen molar-refractivity contribution in [2.45, 2.75) is 13.0 Å². The summed E-state index contributed by atoms with van der Waals surface area (Å²) >= 11 is 1.52. The Bertz CT molecular complexity index is 383. The van der Waals surface area contributed by atoms with Crippen molar-refractivity contribution < 1.29 is 27.0 Å². The maximum atomic E-state index is 12.5. The van der Waals surface area contributed by atoms with E-state index in [1.165, 1.54) is 29.7 Å². The Balaban J connectivity index is 3.16. The largest absolute Gasteiger partial charge is 0.573 e. The van der Waals surface area contributed by atoms with Gasteiger partial charge < -0.3 is 9.47 Å². The lowest BCUT2D eigenvalue weighted by Gasteiger charge is -2.13. The average Bonchev–Trinajstić information content (AvgIpc) is 2.19. The molecule has 0 atom stereocenters. The Hall–Kier alpha value is -0.800. The number of pyridine rings is 1. The van der Waals surface area contributed by atoms with Crippen LogP contribution in [0.4, 0.5) is 17.6 Å². The highest BCUT2D eigenvalue weighted by Gasteiger charge is 2.33. The maximum absolute atomic E-state index is 12.5. The molecule has 0 spiro atoms. The van der Waals surface area contributed by atoms with Gasteiger partial charge in [-0.05, 0) is 22.6 Å². The van der Waals surface area contributed by atoms with E-state index >= 15 is 0 Å².